The zero-order valence-corrected chi connectivity index (χ0v) is 15.3. The minimum Gasteiger partial charge on any atom is -0.338 e. The lowest BCUT2D eigenvalue weighted by Gasteiger charge is -2.17. The lowest BCUT2D eigenvalue weighted by molar-refractivity contribution is 0.207. The molecule has 1 aliphatic rings. The number of hydrogen-bond acceptors (Lipinski definition) is 3. The highest BCUT2D eigenvalue weighted by Crippen LogP contribution is 2.19. The van der Waals surface area contributed by atoms with Crippen LogP contribution >= 0.6 is 0 Å². The minimum atomic E-state index is -2.99. The summed E-state index contributed by atoms with van der Waals surface area (Å²) in [4.78, 5) is 14.0. The Labute approximate surface area is 148 Å². The molecule has 0 radical (unpaired) electrons. The summed E-state index contributed by atoms with van der Waals surface area (Å²) in [6.07, 6.45) is 2.78. The maximum atomic E-state index is 12.3. The van der Waals surface area contributed by atoms with E-state index in [4.69, 9.17) is 0 Å². The number of likely N-dealkylation sites (tertiary alicyclic amines) is 1. The van der Waals surface area contributed by atoms with Crippen molar-refractivity contribution in [1.29, 1.82) is 0 Å². The van der Waals surface area contributed by atoms with Crippen LogP contribution in [0.1, 0.15) is 12.0 Å². The number of rotatable bonds is 5. The van der Waals surface area contributed by atoms with Gasteiger partial charge in [0.25, 0.3) is 0 Å². The van der Waals surface area contributed by atoms with E-state index in [1.54, 1.807) is 4.90 Å². The molecule has 0 aromatic heterocycles. The lowest BCUT2D eigenvalue weighted by Crippen LogP contribution is -2.39. The smallest absolute Gasteiger partial charge is 0.317 e. The van der Waals surface area contributed by atoms with Crippen LogP contribution in [0.5, 0.6) is 0 Å². The van der Waals surface area contributed by atoms with E-state index in [0.29, 0.717) is 19.6 Å². The van der Waals surface area contributed by atoms with Crippen LogP contribution in [0.25, 0.3) is 10.8 Å². The average Bonchev–Trinajstić information content (AvgIpc) is 3.01. The summed E-state index contributed by atoms with van der Waals surface area (Å²) in [5.41, 5.74) is 1.22. The molecule has 5 nitrogen and oxygen atoms in total. The fourth-order valence-electron chi connectivity index (χ4n) is 3.51. The molecular formula is C19H24N2O3S. The van der Waals surface area contributed by atoms with E-state index < -0.39 is 9.84 Å². The fourth-order valence-corrected chi connectivity index (χ4v) is 4.64. The molecule has 1 aliphatic heterocycles. The quantitative estimate of drug-likeness (QED) is 0.891. The Bertz CT molecular complexity index is 859. The van der Waals surface area contributed by atoms with Gasteiger partial charge in [0.1, 0.15) is 9.84 Å². The first-order valence-corrected chi connectivity index (χ1v) is 10.7. The summed E-state index contributed by atoms with van der Waals surface area (Å²) in [7, 11) is -2.99. The molecule has 1 atom stereocenters. The number of sulfone groups is 1. The molecule has 1 saturated heterocycles. The van der Waals surface area contributed by atoms with E-state index in [0.717, 1.165) is 12.8 Å². The molecule has 1 heterocycles. The first-order chi connectivity index (χ1) is 11.9. The molecular weight excluding hydrogens is 336 g/mol. The Morgan fingerprint density at radius 1 is 1.20 bits per heavy atom. The predicted molar refractivity (Wildman–Crippen MR) is 100 cm³/mol. The van der Waals surface area contributed by atoms with Crippen molar-refractivity contribution >= 4 is 26.6 Å². The number of carbonyl (C=O) groups excluding carboxylic acids is 1. The zero-order chi connectivity index (χ0) is 17.9. The van der Waals surface area contributed by atoms with Crippen molar-refractivity contribution in [3.63, 3.8) is 0 Å². The van der Waals surface area contributed by atoms with Crippen molar-refractivity contribution in [3.05, 3.63) is 48.0 Å². The molecule has 2 amide bonds. The third-order valence-corrected chi connectivity index (χ3v) is 5.74. The van der Waals surface area contributed by atoms with Gasteiger partial charge < -0.3 is 10.2 Å². The van der Waals surface area contributed by atoms with Crippen LogP contribution in [0, 0.1) is 5.92 Å². The Balaban J connectivity index is 1.51. The van der Waals surface area contributed by atoms with E-state index in [1.807, 2.05) is 18.2 Å². The van der Waals surface area contributed by atoms with Gasteiger partial charge in [-0.25, -0.2) is 13.2 Å². The summed E-state index contributed by atoms with van der Waals surface area (Å²) in [6.45, 7) is 1.72. The van der Waals surface area contributed by atoms with Crippen LogP contribution in [0.15, 0.2) is 42.5 Å². The predicted octanol–water partition coefficient (Wildman–Crippen LogP) is 2.46. The molecule has 0 unspecified atom stereocenters. The van der Waals surface area contributed by atoms with Crippen molar-refractivity contribution < 1.29 is 13.2 Å². The molecule has 0 aliphatic carbocycles. The van der Waals surface area contributed by atoms with Crippen molar-refractivity contribution in [1.82, 2.24) is 10.2 Å². The van der Waals surface area contributed by atoms with E-state index in [9.17, 15) is 13.2 Å². The molecule has 0 spiro atoms. The van der Waals surface area contributed by atoms with Crippen LogP contribution < -0.4 is 5.32 Å². The summed E-state index contributed by atoms with van der Waals surface area (Å²) in [6, 6.07) is 14.3. The van der Waals surface area contributed by atoms with Gasteiger partial charge in [-0.1, -0.05) is 42.5 Å². The van der Waals surface area contributed by atoms with Crippen LogP contribution in [-0.2, 0) is 16.3 Å². The molecule has 2 aromatic carbocycles. The number of amides is 2. The summed E-state index contributed by atoms with van der Waals surface area (Å²) in [5.74, 6) is 0.214. The molecule has 6 heteroatoms. The Morgan fingerprint density at radius 3 is 2.76 bits per heavy atom. The van der Waals surface area contributed by atoms with Crippen LogP contribution in [0.3, 0.4) is 0 Å². The normalized spacial score (nSPS) is 17.8. The molecule has 25 heavy (non-hydrogen) atoms. The second-order valence-electron chi connectivity index (χ2n) is 6.81. The number of urea groups is 1. The van der Waals surface area contributed by atoms with Gasteiger partial charge in [-0.15, -0.1) is 0 Å². The number of fused-ring (bicyclic) bond motifs is 1. The topological polar surface area (TPSA) is 66.5 Å². The largest absolute Gasteiger partial charge is 0.338 e. The van der Waals surface area contributed by atoms with Gasteiger partial charge in [-0.3, -0.25) is 0 Å². The standard InChI is InChI=1S/C19H24N2O3S/c1-25(23,24)14-15-10-12-21(13-15)19(22)20-11-9-17-7-4-6-16-5-2-3-8-18(16)17/h2-8,15H,9-14H2,1H3,(H,20,22)/t15-/m0/s1. The monoisotopic (exact) mass is 360 g/mol. The second-order valence-corrected chi connectivity index (χ2v) is 9.00. The summed E-state index contributed by atoms with van der Waals surface area (Å²) in [5, 5.41) is 5.38. The zero-order valence-electron chi connectivity index (χ0n) is 14.4. The van der Waals surface area contributed by atoms with Gasteiger partial charge in [0.2, 0.25) is 0 Å². The number of carbonyl (C=O) groups is 1. The number of benzene rings is 2. The summed E-state index contributed by atoms with van der Waals surface area (Å²) < 4.78 is 22.8. The first-order valence-electron chi connectivity index (χ1n) is 8.59. The molecule has 2 aromatic rings. The van der Waals surface area contributed by atoms with E-state index in [-0.39, 0.29) is 17.7 Å². The SMILES string of the molecule is CS(=O)(=O)C[C@H]1CCN(C(=O)NCCc2cccc3ccccc23)C1. The van der Waals surface area contributed by atoms with Gasteiger partial charge in [0.05, 0.1) is 5.75 Å². The molecule has 3 rings (SSSR count). The Hall–Kier alpha value is -2.08. The van der Waals surface area contributed by atoms with Gasteiger partial charge >= 0.3 is 6.03 Å². The number of nitrogens with one attached hydrogen (secondary N) is 1. The van der Waals surface area contributed by atoms with Gasteiger partial charge in [-0.05, 0) is 35.1 Å². The van der Waals surface area contributed by atoms with Crippen LogP contribution in [-0.4, -0.2) is 51.0 Å². The van der Waals surface area contributed by atoms with E-state index >= 15 is 0 Å². The third-order valence-electron chi connectivity index (χ3n) is 4.66. The minimum absolute atomic E-state index is 0.0545. The maximum absolute atomic E-state index is 12.3. The Morgan fingerprint density at radius 2 is 1.96 bits per heavy atom. The van der Waals surface area contributed by atoms with Gasteiger partial charge in [-0.2, -0.15) is 0 Å². The number of nitrogens with zero attached hydrogens (tertiary/aromatic N) is 1. The average molecular weight is 360 g/mol. The van der Waals surface area contributed by atoms with Crippen molar-refractivity contribution in [2.75, 3.05) is 31.6 Å². The van der Waals surface area contributed by atoms with Crippen LogP contribution in [0.4, 0.5) is 4.79 Å². The molecule has 0 bridgehead atoms. The lowest BCUT2D eigenvalue weighted by atomic mass is 10.0. The number of hydrogen-bond donors (Lipinski definition) is 1. The fraction of sp³-hybridized carbons (Fsp3) is 0.421. The molecule has 1 N–H and O–H groups in total. The van der Waals surface area contributed by atoms with Gasteiger partial charge in [0.15, 0.2) is 0 Å². The summed E-state index contributed by atoms with van der Waals surface area (Å²) >= 11 is 0. The molecule has 1 fully saturated rings. The highest BCUT2D eigenvalue weighted by Gasteiger charge is 2.28. The molecule has 134 valence electrons. The Kier molecular flexibility index (Phi) is 5.27. The molecule has 0 saturated carbocycles. The van der Waals surface area contributed by atoms with E-state index in [1.165, 1.54) is 22.6 Å². The van der Waals surface area contributed by atoms with Gasteiger partial charge in [0, 0.05) is 25.9 Å². The highest BCUT2D eigenvalue weighted by molar-refractivity contribution is 7.90. The van der Waals surface area contributed by atoms with Crippen LogP contribution in [0.2, 0.25) is 0 Å². The van der Waals surface area contributed by atoms with Crippen molar-refractivity contribution in [2.45, 2.75) is 12.8 Å². The van der Waals surface area contributed by atoms with E-state index in [2.05, 4.69) is 29.6 Å². The highest BCUT2D eigenvalue weighted by atomic mass is 32.2. The van der Waals surface area contributed by atoms with Crippen molar-refractivity contribution in [2.24, 2.45) is 5.92 Å². The third kappa shape index (κ3) is 4.72. The second kappa shape index (κ2) is 7.44. The van der Waals surface area contributed by atoms with Crippen molar-refractivity contribution in [3.8, 4) is 0 Å². The maximum Gasteiger partial charge on any atom is 0.317 e. The first kappa shape index (κ1) is 17.7.